The molecule has 0 saturated heterocycles. The zero-order valence-corrected chi connectivity index (χ0v) is 16.9. The van der Waals surface area contributed by atoms with Gasteiger partial charge in [0.05, 0.1) is 27.4 Å². The Kier molecular flexibility index (Phi) is 5.52. The fourth-order valence-electron chi connectivity index (χ4n) is 4.96. The summed E-state index contributed by atoms with van der Waals surface area (Å²) >= 11 is 0. The molecule has 0 radical (unpaired) electrons. The second-order valence-corrected chi connectivity index (χ2v) is 8.01. The zero-order valence-electron chi connectivity index (χ0n) is 16.9. The monoisotopic (exact) mass is 374 g/mol. The van der Waals surface area contributed by atoms with Gasteiger partial charge in [0.25, 0.3) is 0 Å². The molecule has 0 aromatic heterocycles. The minimum Gasteiger partial charge on any atom is -0.496 e. The Labute approximate surface area is 161 Å². The zero-order chi connectivity index (χ0) is 19.8. The molecule has 0 bridgehead atoms. The molecule has 0 spiro atoms. The first-order chi connectivity index (χ1) is 12.8. The Morgan fingerprint density at radius 1 is 1.07 bits per heavy atom. The largest absolute Gasteiger partial charge is 0.496 e. The number of carbonyl (C=O) groups is 1. The number of hydrogen-bond donors (Lipinski definition) is 1. The Morgan fingerprint density at radius 3 is 2.33 bits per heavy atom. The maximum Gasteiger partial charge on any atom is 0.164 e. The van der Waals surface area contributed by atoms with Gasteiger partial charge in [0.1, 0.15) is 5.75 Å². The first-order valence-electron chi connectivity index (χ1n) is 9.58. The van der Waals surface area contributed by atoms with Gasteiger partial charge in [-0.1, -0.05) is 20.3 Å². The number of Topliss-reactive ketones (excluding diaryl/α,β-unsaturated/α-hetero) is 1. The van der Waals surface area contributed by atoms with Crippen molar-refractivity contribution in [3.05, 3.63) is 23.3 Å². The van der Waals surface area contributed by atoms with Gasteiger partial charge in [0.15, 0.2) is 17.3 Å². The first-order valence-corrected chi connectivity index (χ1v) is 9.58. The lowest BCUT2D eigenvalue weighted by molar-refractivity contribution is -0.133. The predicted molar refractivity (Wildman–Crippen MR) is 104 cm³/mol. The topological polar surface area (TPSA) is 65.0 Å². The van der Waals surface area contributed by atoms with Gasteiger partial charge >= 0.3 is 0 Å². The number of aliphatic hydroxyl groups is 1. The third-order valence-corrected chi connectivity index (χ3v) is 6.57. The van der Waals surface area contributed by atoms with Gasteiger partial charge in [-0.05, 0) is 42.9 Å². The lowest BCUT2D eigenvalue weighted by Crippen LogP contribution is -2.51. The Hall–Kier alpha value is -2.01. The van der Waals surface area contributed by atoms with Crippen molar-refractivity contribution in [2.45, 2.75) is 45.6 Å². The molecule has 2 saturated carbocycles. The molecule has 2 unspecified atom stereocenters. The Bertz CT molecular complexity index is 753. The number of allylic oxidation sites excluding steroid dienone is 1. The van der Waals surface area contributed by atoms with E-state index in [0.717, 1.165) is 30.4 Å². The van der Waals surface area contributed by atoms with Crippen LogP contribution in [0.25, 0.3) is 6.08 Å². The highest BCUT2D eigenvalue weighted by molar-refractivity contribution is 6.02. The van der Waals surface area contributed by atoms with Crippen molar-refractivity contribution in [1.82, 2.24) is 0 Å². The highest BCUT2D eigenvalue weighted by atomic mass is 16.5. The van der Waals surface area contributed by atoms with Gasteiger partial charge in [-0.15, -0.1) is 0 Å². The standard InChI is InChI=1S/C22H30O5/c1-13-16-7-6-8-20(23)22(16,2)12-15(21(13)24)9-14-10-18(26-4)19(27-5)11-17(14)25-3/h9-11,13,16,20,23H,6-8,12H2,1-5H3/b15-9-/t13?,16?,20-,22-/m0/s1. The van der Waals surface area contributed by atoms with Crippen LogP contribution in [0.5, 0.6) is 17.2 Å². The molecular formula is C22H30O5. The van der Waals surface area contributed by atoms with Gasteiger partial charge in [-0.2, -0.15) is 0 Å². The van der Waals surface area contributed by atoms with E-state index >= 15 is 0 Å². The minimum atomic E-state index is -0.373. The van der Waals surface area contributed by atoms with Crippen LogP contribution in [0.4, 0.5) is 0 Å². The number of fused-ring (bicyclic) bond motifs is 1. The molecule has 1 aromatic carbocycles. The number of rotatable bonds is 4. The number of hydrogen-bond acceptors (Lipinski definition) is 5. The summed E-state index contributed by atoms with van der Waals surface area (Å²) < 4.78 is 16.2. The predicted octanol–water partition coefficient (Wildman–Crippen LogP) is 3.87. The molecule has 0 amide bonds. The van der Waals surface area contributed by atoms with Crippen molar-refractivity contribution in [1.29, 1.82) is 0 Å². The van der Waals surface area contributed by atoms with Gasteiger partial charge in [0.2, 0.25) is 0 Å². The molecule has 0 aliphatic heterocycles. The van der Waals surface area contributed by atoms with Gasteiger partial charge in [0, 0.05) is 23.0 Å². The number of methoxy groups -OCH3 is 3. The smallest absolute Gasteiger partial charge is 0.164 e. The summed E-state index contributed by atoms with van der Waals surface area (Å²) in [6.45, 7) is 4.13. The molecule has 3 rings (SSSR count). The van der Waals surface area contributed by atoms with E-state index in [4.69, 9.17) is 14.2 Å². The van der Waals surface area contributed by atoms with Crippen LogP contribution in [0.2, 0.25) is 0 Å². The average molecular weight is 374 g/mol. The number of carbonyl (C=O) groups excluding carboxylic acids is 1. The van der Waals surface area contributed by atoms with Crippen LogP contribution in [-0.2, 0) is 4.79 Å². The normalized spacial score (nSPS) is 32.1. The van der Waals surface area contributed by atoms with E-state index in [1.54, 1.807) is 27.4 Å². The number of ether oxygens (including phenoxy) is 3. The molecule has 27 heavy (non-hydrogen) atoms. The van der Waals surface area contributed by atoms with Crippen LogP contribution < -0.4 is 14.2 Å². The summed E-state index contributed by atoms with van der Waals surface area (Å²) in [4.78, 5) is 13.1. The summed E-state index contributed by atoms with van der Waals surface area (Å²) in [5, 5.41) is 10.7. The fraction of sp³-hybridized carbons (Fsp3) is 0.591. The van der Waals surface area contributed by atoms with Crippen LogP contribution in [0.15, 0.2) is 17.7 Å². The van der Waals surface area contributed by atoms with Crippen molar-refractivity contribution in [2.75, 3.05) is 21.3 Å². The molecule has 148 valence electrons. The number of benzene rings is 1. The maximum atomic E-state index is 13.1. The Morgan fingerprint density at radius 2 is 1.70 bits per heavy atom. The van der Waals surface area contributed by atoms with Crippen molar-refractivity contribution >= 4 is 11.9 Å². The molecular weight excluding hydrogens is 344 g/mol. The van der Waals surface area contributed by atoms with Crippen molar-refractivity contribution in [3.63, 3.8) is 0 Å². The van der Waals surface area contributed by atoms with Crippen molar-refractivity contribution in [3.8, 4) is 17.2 Å². The first kappa shape index (κ1) is 19.7. The molecule has 5 nitrogen and oxygen atoms in total. The SMILES string of the molecule is COc1cc(OC)c(OC)cc1/C=C1/C[C@@]2(C)C(CCC[C@@H]2O)C(C)C1=O. The molecule has 4 atom stereocenters. The second-order valence-electron chi connectivity index (χ2n) is 8.01. The molecule has 5 heteroatoms. The molecule has 2 fully saturated rings. The molecule has 0 heterocycles. The van der Waals surface area contributed by atoms with Gasteiger partial charge < -0.3 is 19.3 Å². The lowest BCUT2D eigenvalue weighted by Gasteiger charge is -2.51. The molecule has 2 aliphatic rings. The van der Waals surface area contributed by atoms with E-state index in [0.29, 0.717) is 23.7 Å². The third-order valence-electron chi connectivity index (χ3n) is 6.57. The fourth-order valence-corrected chi connectivity index (χ4v) is 4.96. The van der Waals surface area contributed by atoms with Crippen LogP contribution in [0, 0.1) is 17.3 Å². The van der Waals surface area contributed by atoms with E-state index in [1.165, 1.54) is 0 Å². The van der Waals surface area contributed by atoms with Gasteiger partial charge in [-0.25, -0.2) is 0 Å². The number of aliphatic hydroxyl groups excluding tert-OH is 1. The summed E-state index contributed by atoms with van der Waals surface area (Å²) in [5.41, 5.74) is 1.26. The third kappa shape index (κ3) is 3.33. The van der Waals surface area contributed by atoms with E-state index in [1.807, 2.05) is 19.1 Å². The highest BCUT2D eigenvalue weighted by Crippen LogP contribution is 2.53. The van der Waals surface area contributed by atoms with Crippen LogP contribution in [0.3, 0.4) is 0 Å². The van der Waals surface area contributed by atoms with E-state index in [2.05, 4.69) is 6.92 Å². The van der Waals surface area contributed by atoms with E-state index in [-0.39, 0.29) is 29.1 Å². The summed E-state index contributed by atoms with van der Waals surface area (Å²) in [7, 11) is 4.75. The maximum absolute atomic E-state index is 13.1. The van der Waals surface area contributed by atoms with E-state index < -0.39 is 0 Å². The van der Waals surface area contributed by atoms with Crippen LogP contribution in [0.1, 0.15) is 45.1 Å². The van der Waals surface area contributed by atoms with Crippen LogP contribution in [-0.4, -0.2) is 38.3 Å². The molecule has 1 aromatic rings. The number of ketones is 1. The minimum absolute atomic E-state index is 0.0870. The lowest BCUT2D eigenvalue weighted by atomic mass is 9.54. The van der Waals surface area contributed by atoms with Crippen molar-refractivity contribution < 1.29 is 24.1 Å². The molecule has 1 N–H and O–H groups in total. The quantitative estimate of drug-likeness (QED) is 0.811. The Balaban J connectivity index is 2.05. The highest BCUT2D eigenvalue weighted by Gasteiger charge is 2.51. The average Bonchev–Trinajstić information content (AvgIpc) is 2.67. The van der Waals surface area contributed by atoms with E-state index in [9.17, 15) is 9.90 Å². The summed E-state index contributed by atoms with van der Waals surface area (Å²) in [6.07, 6.45) is 4.90. The second kappa shape index (κ2) is 7.55. The van der Waals surface area contributed by atoms with Crippen molar-refractivity contribution in [2.24, 2.45) is 17.3 Å². The summed E-state index contributed by atoms with van der Waals surface area (Å²) in [5.74, 6) is 2.10. The van der Waals surface area contributed by atoms with Crippen LogP contribution >= 0.6 is 0 Å². The summed E-state index contributed by atoms with van der Waals surface area (Å²) in [6, 6.07) is 3.59. The molecule has 2 aliphatic carbocycles. The van der Waals surface area contributed by atoms with Gasteiger partial charge in [-0.3, -0.25) is 4.79 Å².